The SMILES string of the molecule is Cn1c2c(c(=O)n(C)c1=O)N=C(c1ccc(-c3ccccc3)cc1)CC(c1ccccc1)=N2. The van der Waals surface area contributed by atoms with Gasteiger partial charge in [0.2, 0.25) is 0 Å². The zero-order valence-corrected chi connectivity index (χ0v) is 18.4. The Morgan fingerprint density at radius 3 is 1.73 bits per heavy atom. The first kappa shape index (κ1) is 20.6. The predicted octanol–water partition coefficient (Wildman–Crippen LogP) is 4.40. The zero-order chi connectivity index (χ0) is 22.9. The van der Waals surface area contributed by atoms with Crippen LogP contribution in [0, 0.1) is 0 Å². The van der Waals surface area contributed by atoms with Crippen molar-refractivity contribution in [1.29, 1.82) is 0 Å². The Hall–Kier alpha value is -4.32. The van der Waals surface area contributed by atoms with Gasteiger partial charge in [0, 0.05) is 20.5 Å². The summed E-state index contributed by atoms with van der Waals surface area (Å²) in [5.74, 6) is 0.276. The number of nitrogens with zero attached hydrogens (tertiary/aromatic N) is 4. The van der Waals surface area contributed by atoms with Crippen molar-refractivity contribution < 1.29 is 0 Å². The lowest BCUT2D eigenvalue weighted by Crippen LogP contribution is -2.36. The minimum absolute atomic E-state index is 0.174. The molecule has 1 aromatic heterocycles. The largest absolute Gasteiger partial charge is 0.332 e. The van der Waals surface area contributed by atoms with Crippen molar-refractivity contribution in [2.75, 3.05) is 0 Å². The van der Waals surface area contributed by atoms with E-state index in [2.05, 4.69) is 24.3 Å². The molecule has 1 aliphatic heterocycles. The molecule has 0 N–H and O–H groups in total. The van der Waals surface area contributed by atoms with Gasteiger partial charge in [-0.15, -0.1) is 0 Å². The second-order valence-electron chi connectivity index (χ2n) is 7.98. The number of benzene rings is 3. The molecule has 2 heterocycles. The normalized spacial score (nSPS) is 13.0. The van der Waals surface area contributed by atoms with Crippen molar-refractivity contribution in [3.8, 4) is 11.1 Å². The fraction of sp³-hybridized carbons (Fsp3) is 0.111. The van der Waals surface area contributed by atoms with Gasteiger partial charge < -0.3 is 0 Å². The van der Waals surface area contributed by atoms with E-state index in [4.69, 9.17) is 9.98 Å². The Labute approximate surface area is 190 Å². The molecule has 0 radical (unpaired) electrons. The second-order valence-corrected chi connectivity index (χ2v) is 7.98. The maximum atomic E-state index is 13.0. The van der Waals surface area contributed by atoms with Gasteiger partial charge in [0.05, 0.1) is 11.4 Å². The number of aliphatic imine (C=N–C) groups is 2. The van der Waals surface area contributed by atoms with Crippen LogP contribution >= 0.6 is 0 Å². The molecule has 0 unspecified atom stereocenters. The zero-order valence-electron chi connectivity index (χ0n) is 18.4. The number of aromatic nitrogens is 2. The molecule has 0 saturated heterocycles. The molecule has 5 rings (SSSR count). The van der Waals surface area contributed by atoms with Crippen LogP contribution in [0.5, 0.6) is 0 Å². The van der Waals surface area contributed by atoms with Crippen molar-refractivity contribution in [1.82, 2.24) is 9.13 Å². The van der Waals surface area contributed by atoms with Crippen LogP contribution in [0.1, 0.15) is 17.5 Å². The average molecular weight is 434 g/mol. The fourth-order valence-electron chi connectivity index (χ4n) is 3.99. The Morgan fingerprint density at radius 2 is 1.09 bits per heavy atom. The second kappa shape index (κ2) is 8.31. The molecule has 0 atom stereocenters. The van der Waals surface area contributed by atoms with E-state index >= 15 is 0 Å². The summed E-state index contributed by atoms with van der Waals surface area (Å²) in [6.07, 6.45) is 0.431. The molecule has 162 valence electrons. The van der Waals surface area contributed by atoms with Crippen LogP contribution in [0.4, 0.5) is 11.5 Å². The lowest BCUT2D eigenvalue weighted by atomic mass is 9.97. The topological polar surface area (TPSA) is 68.7 Å². The fourth-order valence-corrected chi connectivity index (χ4v) is 3.99. The van der Waals surface area contributed by atoms with Crippen LogP contribution in [-0.4, -0.2) is 20.6 Å². The van der Waals surface area contributed by atoms with Crippen LogP contribution in [-0.2, 0) is 14.1 Å². The van der Waals surface area contributed by atoms with Crippen LogP contribution in [0.2, 0.25) is 0 Å². The Balaban J connectivity index is 1.69. The predicted molar refractivity (Wildman–Crippen MR) is 132 cm³/mol. The van der Waals surface area contributed by atoms with E-state index < -0.39 is 11.2 Å². The maximum absolute atomic E-state index is 13.0. The average Bonchev–Trinajstić information content (AvgIpc) is 3.08. The molecule has 3 aromatic carbocycles. The Kier molecular flexibility index (Phi) is 5.18. The third-order valence-corrected chi connectivity index (χ3v) is 5.87. The summed E-state index contributed by atoms with van der Waals surface area (Å²) >= 11 is 0. The summed E-state index contributed by atoms with van der Waals surface area (Å²) in [5, 5.41) is 0. The van der Waals surface area contributed by atoms with E-state index in [1.807, 2.05) is 60.7 Å². The van der Waals surface area contributed by atoms with Crippen molar-refractivity contribution in [3.05, 3.63) is 117 Å². The van der Waals surface area contributed by atoms with Crippen LogP contribution < -0.4 is 11.2 Å². The molecule has 33 heavy (non-hydrogen) atoms. The highest BCUT2D eigenvalue weighted by Crippen LogP contribution is 2.29. The van der Waals surface area contributed by atoms with Crippen LogP contribution in [0.15, 0.2) is 105 Å². The van der Waals surface area contributed by atoms with E-state index in [1.165, 1.54) is 11.6 Å². The summed E-state index contributed by atoms with van der Waals surface area (Å²) < 4.78 is 2.45. The third kappa shape index (κ3) is 3.76. The molecule has 0 spiro atoms. The van der Waals surface area contributed by atoms with Gasteiger partial charge in [-0.25, -0.2) is 14.8 Å². The van der Waals surface area contributed by atoms with Crippen molar-refractivity contribution in [3.63, 3.8) is 0 Å². The monoisotopic (exact) mass is 434 g/mol. The Morgan fingerprint density at radius 1 is 0.606 bits per heavy atom. The van der Waals surface area contributed by atoms with E-state index in [-0.39, 0.29) is 11.5 Å². The Bertz CT molecular complexity index is 1510. The number of hydrogen-bond acceptors (Lipinski definition) is 4. The first-order valence-electron chi connectivity index (χ1n) is 10.7. The molecule has 0 saturated carbocycles. The number of fused-ring (bicyclic) bond motifs is 1. The van der Waals surface area contributed by atoms with Gasteiger partial charge in [-0.3, -0.25) is 13.9 Å². The van der Waals surface area contributed by atoms with Gasteiger partial charge in [-0.2, -0.15) is 0 Å². The summed E-state index contributed by atoms with van der Waals surface area (Å²) in [6.45, 7) is 0. The molecular weight excluding hydrogens is 412 g/mol. The van der Waals surface area contributed by atoms with Gasteiger partial charge >= 0.3 is 5.69 Å². The smallest absolute Gasteiger partial charge is 0.279 e. The first-order valence-corrected chi connectivity index (χ1v) is 10.7. The highest BCUT2D eigenvalue weighted by Gasteiger charge is 2.22. The van der Waals surface area contributed by atoms with E-state index in [9.17, 15) is 9.59 Å². The van der Waals surface area contributed by atoms with Gasteiger partial charge in [0.1, 0.15) is 0 Å². The molecule has 6 heteroatoms. The van der Waals surface area contributed by atoms with Crippen LogP contribution in [0.3, 0.4) is 0 Å². The summed E-state index contributed by atoms with van der Waals surface area (Å²) in [6, 6.07) is 28.1. The molecule has 0 aliphatic carbocycles. The van der Waals surface area contributed by atoms with Crippen molar-refractivity contribution in [2.45, 2.75) is 6.42 Å². The maximum Gasteiger partial charge on any atom is 0.332 e. The molecular formula is C27H22N4O2. The first-order chi connectivity index (χ1) is 16.0. The highest BCUT2D eigenvalue weighted by atomic mass is 16.2. The molecule has 0 amide bonds. The molecule has 4 aromatic rings. The van der Waals surface area contributed by atoms with Gasteiger partial charge in [0.25, 0.3) is 5.56 Å². The summed E-state index contributed by atoms with van der Waals surface area (Å²) in [5.41, 5.74) is 4.83. The number of hydrogen-bond donors (Lipinski definition) is 0. The van der Waals surface area contributed by atoms with Gasteiger partial charge in [0.15, 0.2) is 11.5 Å². The minimum atomic E-state index is -0.454. The minimum Gasteiger partial charge on any atom is -0.279 e. The highest BCUT2D eigenvalue weighted by molar-refractivity contribution is 6.20. The van der Waals surface area contributed by atoms with Crippen LogP contribution in [0.25, 0.3) is 11.1 Å². The standard InChI is InChI=1S/C27H22N4O2/c1-30-25-24(26(32)31(2)27(30)33)28-22(17-23(29-25)20-11-7-4-8-12-20)21-15-13-19(14-16-21)18-9-5-3-6-10-18/h3-16H,17H2,1-2H3. The van der Waals surface area contributed by atoms with Gasteiger partial charge in [-0.1, -0.05) is 84.9 Å². The van der Waals surface area contributed by atoms with Gasteiger partial charge in [-0.05, 0) is 22.3 Å². The quantitative estimate of drug-likeness (QED) is 0.480. The van der Waals surface area contributed by atoms with E-state index in [0.29, 0.717) is 6.42 Å². The van der Waals surface area contributed by atoms with Crippen molar-refractivity contribution >= 4 is 22.9 Å². The molecule has 6 nitrogen and oxygen atoms in total. The van der Waals surface area contributed by atoms with E-state index in [1.54, 1.807) is 7.05 Å². The lowest BCUT2D eigenvalue weighted by molar-refractivity contribution is 0.691. The van der Waals surface area contributed by atoms with E-state index in [0.717, 1.165) is 38.2 Å². The molecule has 0 fully saturated rings. The van der Waals surface area contributed by atoms with Crippen molar-refractivity contribution in [2.24, 2.45) is 24.1 Å². The third-order valence-electron chi connectivity index (χ3n) is 5.87. The molecule has 1 aliphatic rings. The lowest BCUT2D eigenvalue weighted by Gasteiger charge is -2.09. The summed E-state index contributed by atoms with van der Waals surface area (Å²) in [4.78, 5) is 35.0. The summed E-state index contributed by atoms with van der Waals surface area (Å²) in [7, 11) is 3.07. The number of rotatable bonds is 3. The molecule has 0 bridgehead atoms.